The van der Waals surface area contributed by atoms with Gasteiger partial charge in [0.15, 0.2) is 11.6 Å². The second-order valence-electron chi connectivity index (χ2n) is 6.54. The van der Waals surface area contributed by atoms with Crippen molar-refractivity contribution in [2.45, 2.75) is 38.6 Å². The number of rotatable bonds is 3. The predicted octanol–water partition coefficient (Wildman–Crippen LogP) is 2.57. The molecule has 3 heterocycles. The van der Waals surface area contributed by atoms with Crippen LogP contribution in [0.2, 0.25) is 0 Å². The smallest absolute Gasteiger partial charge is 0.364 e. The molecule has 4 rings (SSSR count). The lowest BCUT2D eigenvalue weighted by Crippen LogP contribution is -2.27. The van der Waals surface area contributed by atoms with Crippen LogP contribution in [0.15, 0.2) is 29.2 Å². The third-order valence-corrected chi connectivity index (χ3v) is 6.03. The van der Waals surface area contributed by atoms with E-state index in [9.17, 15) is 14.1 Å². The molecule has 0 bridgehead atoms. The molecule has 1 aromatic carbocycles. The fraction of sp³-hybridized carbons (Fsp3) is 0.412. The van der Waals surface area contributed by atoms with E-state index >= 15 is 0 Å². The molecular weight excluding hydrogens is 432 g/mol. The van der Waals surface area contributed by atoms with E-state index in [4.69, 9.17) is 34.0 Å². The van der Waals surface area contributed by atoms with E-state index in [2.05, 4.69) is 17.2 Å². The van der Waals surface area contributed by atoms with E-state index in [1.807, 2.05) is 25.1 Å². The summed E-state index contributed by atoms with van der Waals surface area (Å²) in [6, 6.07) is 5.30. The molecule has 8 nitrogen and oxygen atoms in total. The average Bonchev–Trinajstić information content (AvgIpc) is 3.12. The zero-order valence-electron chi connectivity index (χ0n) is 16.1. The van der Waals surface area contributed by atoms with Crippen molar-refractivity contribution >= 4 is 36.1 Å². The minimum atomic E-state index is -3.25. The summed E-state index contributed by atoms with van der Waals surface area (Å²) < 4.78 is 34.7. The number of hydrogen-bond donors (Lipinski definition) is 2. The SMILES string of the molecule is [B]CO[P+]1(O)OCc2cccc(C)c2O1.[B][C@@H]1CCC(n2cc(F)c(=S)[nH]c2=O)O1. The number of nitrogens with zero attached hydrogens (tertiary/aromatic N) is 1. The molecule has 2 aliphatic rings. The highest BCUT2D eigenvalue weighted by Gasteiger charge is 2.49. The Morgan fingerprint density at radius 1 is 1.47 bits per heavy atom. The van der Waals surface area contributed by atoms with Crippen molar-refractivity contribution in [2.75, 3.05) is 6.51 Å². The second-order valence-corrected chi connectivity index (χ2v) is 8.59. The van der Waals surface area contributed by atoms with Gasteiger partial charge in [0.25, 0.3) is 0 Å². The van der Waals surface area contributed by atoms with Crippen molar-refractivity contribution in [1.29, 1.82) is 0 Å². The average molecular weight is 451 g/mol. The maximum Gasteiger partial charge on any atom is 0.618 e. The maximum absolute atomic E-state index is 13.1. The first-order valence-corrected chi connectivity index (χ1v) is 10.9. The summed E-state index contributed by atoms with van der Waals surface area (Å²) in [5.41, 5.74) is 1.36. The highest BCUT2D eigenvalue weighted by Crippen LogP contribution is 2.61. The third kappa shape index (κ3) is 5.38. The van der Waals surface area contributed by atoms with Gasteiger partial charge in [-0.25, -0.2) is 9.18 Å². The second kappa shape index (κ2) is 9.72. The van der Waals surface area contributed by atoms with Crippen LogP contribution in [0, 0.1) is 17.4 Å². The van der Waals surface area contributed by atoms with Crippen LogP contribution in [-0.4, -0.2) is 42.6 Å². The Labute approximate surface area is 180 Å². The number of H-pyrrole nitrogens is 1. The zero-order chi connectivity index (χ0) is 21.9. The van der Waals surface area contributed by atoms with Gasteiger partial charge >= 0.3 is 13.9 Å². The first-order valence-electron chi connectivity index (χ1n) is 9.03. The largest absolute Gasteiger partial charge is 0.618 e. The zero-order valence-corrected chi connectivity index (χ0v) is 17.8. The number of halogens is 1. The van der Waals surface area contributed by atoms with Crippen molar-refractivity contribution < 1.29 is 27.6 Å². The lowest BCUT2D eigenvalue weighted by Gasteiger charge is -2.22. The molecule has 0 spiro atoms. The van der Waals surface area contributed by atoms with Crippen molar-refractivity contribution in [3.63, 3.8) is 0 Å². The summed E-state index contributed by atoms with van der Waals surface area (Å²) in [4.78, 5) is 23.5. The Bertz CT molecular complexity index is 1020. The Morgan fingerprint density at radius 3 is 2.90 bits per heavy atom. The molecule has 0 amide bonds. The number of aromatic nitrogens is 2. The normalized spacial score (nSPS) is 25.0. The summed E-state index contributed by atoms with van der Waals surface area (Å²) in [5.74, 6) is -0.0123. The monoisotopic (exact) mass is 451 g/mol. The van der Waals surface area contributed by atoms with Crippen molar-refractivity contribution in [3.8, 4) is 5.75 Å². The Morgan fingerprint density at radius 2 is 2.23 bits per heavy atom. The first-order chi connectivity index (χ1) is 14.2. The summed E-state index contributed by atoms with van der Waals surface area (Å²) in [7, 11) is 7.46. The molecule has 1 saturated heterocycles. The molecule has 2 unspecified atom stereocenters. The van der Waals surface area contributed by atoms with E-state index in [1.54, 1.807) is 0 Å². The van der Waals surface area contributed by atoms with Gasteiger partial charge in [-0.2, -0.15) is 9.42 Å². The summed E-state index contributed by atoms with van der Waals surface area (Å²) in [5, 5.41) is 0. The van der Waals surface area contributed by atoms with E-state index < -0.39 is 31.9 Å². The Balaban J connectivity index is 0.000000171. The fourth-order valence-corrected chi connectivity index (χ4v) is 4.23. The van der Waals surface area contributed by atoms with Gasteiger partial charge in [-0.3, -0.25) is 14.1 Å². The van der Waals surface area contributed by atoms with Crippen LogP contribution >= 0.6 is 20.4 Å². The van der Waals surface area contributed by atoms with Crippen LogP contribution in [-0.2, 0) is 20.4 Å². The van der Waals surface area contributed by atoms with E-state index in [1.165, 1.54) is 0 Å². The number of aromatic amines is 1. The van der Waals surface area contributed by atoms with Crippen molar-refractivity contribution in [1.82, 2.24) is 9.55 Å². The molecule has 2 N–H and O–H groups in total. The Hall–Kier alpha value is -1.55. The van der Waals surface area contributed by atoms with Gasteiger partial charge in [0.1, 0.15) is 33.2 Å². The van der Waals surface area contributed by atoms with Gasteiger partial charge in [-0.05, 0) is 25.3 Å². The number of aryl methyl sites for hydroxylation is 1. The Kier molecular flexibility index (Phi) is 7.49. The quantitative estimate of drug-likeness (QED) is 0.421. The number of ether oxygens (including phenoxy) is 1. The molecule has 3 atom stereocenters. The van der Waals surface area contributed by atoms with Crippen LogP contribution in [0.3, 0.4) is 0 Å². The number of benzene rings is 1. The molecule has 4 radical (unpaired) electrons. The molecule has 13 heteroatoms. The van der Waals surface area contributed by atoms with Gasteiger partial charge in [0.05, 0.1) is 12.7 Å². The third-order valence-electron chi connectivity index (χ3n) is 4.39. The minimum absolute atomic E-state index is 0.133. The molecular formula is C17H19B2FN2O6PS+. The molecule has 0 aliphatic carbocycles. The molecule has 1 fully saturated rings. The van der Waals surface area contributed by atoms with Crippen LogP contribution in [0.4, 0.5) is 4.39 Å². The van der Waals surface area contributed by atoms with Gasteiger partial charge in [0.2, 0.25) is 0 Å². The highest BCUT2D eigenvalue weighted by molar-refractivity contribution is 7.71. The van der Waals surface area contributed by atoms with Crippen molar-refractivity contribution in [2.24, 2.45) is 0 Å². The molecule has 2 aromatic rings. The summed E-state index contributed by atoms with van der Waals surface area (Å²) in [6.07, 6.45) is 1.78. The number of hydrogen-bond acceptors (Lipinski definition) is 7. The number of fused-ring (bicyclic) bond motifs is 1. The van der Waals surface area contributed by atoms with Crippen molar-refractivity contribution in [3.05, 3.63) is 56.5 Å². The highest BCUT2D eigenvalue weighted by atomic mass is 32.1. The minimum Gasteiger partial charge on any atom is -0.364 e. The standard InChI is InChI=1S/C9H11BO4P.C8H8BFN2O2S/c1-7-3-2-4-8-5-12-15(11,13-6-10)14-9(7)8;9-5-1-2-6(14-5)12-3-4(10)7(15)11-8(12)13/h2-4,11H,5-6H2,1H3;3,5-6H,1-2H2,(H,11,13,15)/q+1;/t;5-,6?/m.0/s1. The molecule has 156 valence electrons. The molecule has 30 heavy (non-hydrogen) atoms. The summed E-state index contributed by atoms with van der Waals surface area (Å²) in [6.45, 7) is 2.05. The van der Waals surface area contributed by atoms with Gasteiger partial charge < -0.3 is 4.74 Å². The number of para-hydroxylation sites is 1. The van der Waals surface area contributed by atoms with Crippen LogP contribution in [0.1, 0.15) is 30.2 Å². The molecule has 0 saturated carbocycles. The maximum atomic E-state index is 13.1. The van der Waals surface area contributed by atoms with Crippen LogP contribution < -0.4 is 10.2 Å². The lowest BCUT2D eigenvalue weighted by molar-refractivity contribution is 0.0333. The molecule has 2 aliphatic heterocycles. The predicted molar refractivity (Wildman–Crippen MR) is 112 cm³/mol. The van der Waals surface area contributed by atoms with E-state index in [0.717, 1.165) is 21.9 Å². The van der Waals surface area contributed by atoms with Gasteiger partial charge in [0, 0.05) is 11.6 Å². The van der Waals surface area contributed by atoms with Crippen LogP contribution in [0.5, 0.6) is 5.75 Å². The lowest BCUT2D eigenvalue weighted by atomic mass is 9.98. The van der Waals surface area contributed by atoms with E-state index in [-0.39, 0.29) is 17.8 Å². The topological polar surface area (TPSA) is 94.9 Å². The van der Waals surface area contributed by atoms with Gasteiger partial charge in [-0.15, -0.1) is 4.52 Å². The number of nitrogens with one attached hydrogen (secondary N) is 1. The van der Waals surface area contributed by atoms with Crippen LogP contribution in [0.25, 0.3) is 0 Å². The summed E-state index contributed by atoms with van der Waals surface area (Å²) >= 11 is 4.59. The van der Waals surface area contributed by atoms with Gasteiger partial charge in [-0.1, -0.05) is 30.4 Å². The fourth-order valence-electron chi connectivity index (χ4n) is 2.93. The van der Waals surface area contributed by atoms with E-state index in [0.29, 0.717) is 18.6 Å². The molecule has 1 aromatic heterocycles. The first kappa shape index (κ1) is 23.1.